The highest BCUT2D eigenvalue weighted by atomic mass is 35.5. The van der Waals surface area contributed by atoms with Crippen LogP contribution >= 0.6 is 11.6 Å². The minimum absolute atomic E-state index is 0.0396. The van der Waals surface area contributed by atoms with Gasteiger partial charge in [0, 0.05) is 56.8 Å². The number of piperazine rings is 1. The van der Waals surface area contributed by atoms with Gasteiger partial charge in [0.15, 0.2) is 5.78 Å². The number of nitrogens with zero attached hydrogens (tertiary/aromatic N) is 2. The first kappa shape index (κ1) is 21.6. The third kappa shape index (κ3) is 8.24. The molecule has 1 saturated heterocycles. The van der Waals surface area contributed by atoms with Gasteiger partial charge < -0.3 is 4.90 Å². The maximum atomic E-state index is 12.3. The van der Waals surface area contributed by atoms with Gasteiger partial charge >= 0.3 is 0 Å². The molecule has 8 heteroatoms. The number of hydrogen-bond donors (Lipinski definition) is 0. The fourth-order valence-electron chi connectivity index (χ4n) is 2.79. The van der Waals surface area contributed by atoms with Crippen LogP contribution in [0.2, 0.25) is 5.02 Å². The van der Waals surface area contributed by atoms with Crippen LogP contribution in [0.5, 0.6) is 0 Å². The highest BCUT2D eigenvalue weighted by molar-refractivity contribution is 7.90. The first-order valence-electron chi connectivity index (χ1n) is 8.87. The van der Waals surface area contributed by atoms with Crippen molar-refractivity contribution in [2.24, 2.45) is 0 Å². The lowest BCUT2D eigenvalue weighted by atomic mass is 10.1. The minimum Gasteiger partial charge on any atom is -0.340 e. The molecular formula is C19H25ClN2O4S. The van der Waals surface area contributed by atoms with E-state index in [9.17, 15) is 18.0 Å². The Bertz CT molecular complexity index is 800. The second kappa shape index (κ2) is 10.0. The van der Waals surface area contributed by atoms with Gasteiger partial charge in [-0.2, -0.15) is 0 Å². The molecule has 0 aromatic heterocycles. The molecule has 0 spiro atoms. The summed E-state index contributed by atoms with van der Waals surface area (Å²) in [5.41, 5.74) is 0.840. The van der Waals surface area contributed by atoms with E-state index in [0.717, 1.165) is 5.56 Å². The minimum atomic E-state index is -2.97. The molecule has 1 fully saturated rings. The first-order chi connectivity index (χ1) is 12.7. The molecule has 0 atom stereocenters. The highest BCUT2D eigenvalue weighted by Gasteiger charge is 2.21. The van der Waals surface area contributed by atoms with Crippen LogP contribution in [-0.4, -0.2) is 74.6 Å². The van der Waals surface area contributed by atoms with Crippen molar-refractivity contribution in [2.75, 3.05) is 44.7 Å². The second-order valence-corrected chi connectivity index (χ2v) is 9.40. The molecule has 0 bridgehead atoms. The molecule has 2 rings (SSSR count). The summed E-state index contributed by atoms with van der Waals surface area (Å²) in [6, 6.07) is 7.19. The Hall–Kier alpha value is -1.70. The summed E-state index contributed by atoms with van der Waals surface area (Å²) in [4.78, 5) is 28.0. The monoisotopic (exact) mass is 412 g/mol. The summed E-state index contributed by atoms with van der Waals surface area (Å²) >= 11 is 5.90. The van der Waals surface area contributed by atoms with E-state index in [1.807, 2.05) is 17.0 Å². The number of benzene rings is 1. The Morgan fingerprint density at radius 2 is 1.85 bits per heavy atom. The zero-order valence-electron chi connectivity index (χ0n) is 15.4. The van der Waals surface area contributed by atoms with Gasteiger partial charge in [-0.15, -0.1) is 0 Å². The van der Waals surface area contributed by atoms with E-state index in [1.165, 1.54) is 12.3 Å². The van der Waals surface area contributed by atoms with E-state index in [4.69, 9.17) is 11.6 Å². The summed E-state index contributed by atoms with van der Waals surface area (Å²) in [7, 11) is -2.97. The summed E-state index contributed by atoms with van der Waals surface area (Å²) in [5.74, 6) is -0.00797. The molecule has 0 unspecified atom stereocenters. The molecule has 1 aliphatic rings. The summed E-state index contributed by atoms with van der Waals surface area (Å²) < 4.78 is 22.4. The van der Waals surface area contributed by atoms with E-state index < -0.39 is 9.84 Å². The van der Waals surface area contributed by atoms with Gasteiger partial charge in [-0.3, -0.25) is 14.5 Å². The number of ketones is 1. The Morgan fingerprint density at radius 3 is 2.48 bits per heavy atom. The van der Waals surface area contributed by atoms with Crippen LogP contribution in [0.25, 0.3) is 6.08 Å². The molecule has 1 amide bonds. The smallest absolute Gasteiger partial charge is 0.223 e. The zero-order valence-corrected chi connectivity index (χ0v) is 17.0. The van der Waals surface area contributed by atoms with Crippen LogP contribution in [0, 0.1) is 0 Å². The maximum Gasteiger partial charge on any atom is 0.223 e. The fraction of sp³-hybridized carbons (Fsp3) is 0.474. The molecule has 6 nitrogen and oxygen atoms in total. The number of halogens is 1. The van der Waals surface area contributed by atoms with E-state index in [2.05, 4.69) is 0 Å². The molecule has 0 aliphatic carbocycles. The van der Waals surface area contributed by atoms with Crippen molar-refractivity contribution < 1.29 is 18.0 Å². The van der Waals surface area contributed by atoms with Gasteiger partial charge in [-0.25, -0.2) is 8.42 Å². The molecule has 0 N–H and O–H groups in total. The van der Waals surface area contributed by atoms with Crippen molar-refractivity contribution in [3.8, 4) is 0 Å². The lowest BCUT2D eigenvalue weighted by molar-refractivity contribution is -0.134. The molecular weight excluding hydrogens is 388 g/mol. The Kier molecular flexibility index (Phi) is 8.01. The quantitative estimate of drug-likeness (QED) is 0.609. The summed E-state index contributed by atoms with van der Waals surface area (Å²) in [6.07, 6.45) is 4.75. The van der Waals surface area contributed by atoms with Gasteiger partial charge in [0.05, 0.1) is 5.75 Å². The largest absolute Gasteiger partial charge is 0.340 e. The molecule has 27 heavy (non-hydrogen) atoms. The van der Waals surface area contributed by atoms with E-state index in [-0.39, 0.29) is 30.3 Å². The first-order valence-corrected chi connectivity index (χ1v) is 11.3. The number of hydrogen-bond acceptors (Lipinski definition) is 5. The molecule has 1 aliphatic heterocycles. The fourth-order valence-corrected chi connectivity index (χ4v) is 3.58. The second-order valence-electron chi connectivity index (χ2n) is 6.71. The molecule has 0 radical (unpaired) electrons. The number of amides is 1. The number of allylic oxidation sites excluding steroid dienone is 1. The predicted octanol–water partition coefficient (Wildman–Crippen LogP) is 1.89. The lowest BCUT2D eigenvalue weighted by Gasteiger charge is -2.34. The molecule has 148 valence electrons. The molecule has 1 heterocycles. The SMILES string of the molecule is CS(=O)(=O)CCN1CCN(C(=O)CCC(=O)/C=C/c2cccc(Cl)c2)CC1. The van der Waals surface area contributed by atoms with Crippen molar-refractivity contribution in [2.45, 2.75) is 12.8 Å². The van der Waals surface area contributed by atoms with Gasteiger partial charge in [-0.1, -0.05) is 29.8 Å². The zero-order chi connectivity index (χ0) is 19.9. The Labute approximate surface area is 165 Å². The van der Waals surface area contributed by atoms with Crippen LogP contribution in [0.3, 0.4) is 0 Å². The highest BCUT2D eigenvalue weighted by Crippen LogP contribution is 2.12. The lowest BCUT2D eigenvalue weighted by Crippen LogP contribution is -2.49. The number of carbonyl (C=O) groups excluding carboxylic acids is 2. The van der Waals surface area contributed by atoms with Crippen LogP contribution in [0.4, 0.5) is 0 Å². The van der Waals surface area contributed by atoms with Crippen LogP contribution in [0.15, 0.2) is 30.3 Å². The van der Waals surface area contributed by atoms with E-state index >= 15 is 0 Å². The summed E-state index contributed by atoms with van der Waals surface area (Å²) in [5, 5.41) is 0.607. The maximum absolute atomic E-state index is 12.3. The van der Waals surface area contributed by atoms with Crippen LogP contribution in [0.1, 0.15) is 18.4 Å². The summed E-state index contributed by atoms with van der Waals surface area (Å²) in [6.45, 7) is 2.94. The van der Waals surface area contributed by atoms with Gasteiger partial charge in [0.25, 0.3) is 0 Å². The molecule has 1 aromatic rings. The molecule has 1 aromatic carbocycles. The number of sulfone groups is 1. The number of rotatable bonds is 8. The van der Waals surface area contributed by atoms with E-state index in [0.29, 0.717) is 37.7 Å². The van der Waals surface area contributed by atoms with Crippen molar-refractivity contribution in [1.82, 2.24) is 9.80 Å². The number of carbonyl (C=O) groups is 2. The topological polar surface area (TPSA) is 74.8 Å². The molecule has 0 saturated carbocycles. The Balaban J connectivity index is 1.71. The predicted molar refractivity (Wildman–Crippen MR) is 107 cm³/mol. The van der Waals surface area contributed by atoms with Gasteiger partial charge in [0.2, 0.25) is 5.91 Å². The van der Waals surface area contributed by atoms with Crippen molar-refractivity contribution in [3.63, 3.8) is 0 Å². The average Bonchev–Trinajstić information content (AvgIpc) is 2.62. The average molecular weight is 413 g/mol. The standard InChI is InChI=1S/C19H25ClN2O4S/c1-27(25,26)14-13-21-9-11-22(12-10-21)19(24)8-7-18(23)6-5-16-3-2-4-17(20)15-16/h2-6,15H,7-14H2,1H3/b6-5+. The van der Waals surface area contributed by atoms with E-state index in [1.54, 1.807) is 23.1 Å². The van der Waals surface area contributed by atoms with Crippen LogP contribution < -0.4 is 0 Å². The van der Waals surface area contributed by atoms with Crippen molar-refractivity contribution >= 4 is 39.2 Å². The Morgan fingerprint density at radius 1 is 1.15 bits per heavy atom. The third-order valence-electron chi connectivity index (χ3n) is 4.40. The van der Waals surface area contributed by atoms with Crippen molar-refractivity contribution in [1.29, 1.82) is 0 Å². The third-order valence-corrected chi connectivity index (χ3v) is 5.56. The van der Waals surface area contributed by atoms with Gasteiger partial charge in [0.1, 0.15) is 9.84 Å². The van der Waals surface area contributed by atoms with Crippen LogP contribution in [-0.2, 0) is 19.4 Å². The normalized spacial score (nSPS) is 16.0. The van der Waals surface area contributed by atoms with Crippen molar-refractivity contribution in [3.05, 3.63) is 40.9 Å². The van der Waals surface area contributed by atoms with Gasteiger partial charge in [-0.05, 0) is 23.8 Å².